The minimum Gasteiger partial charge on any atom is -0.790 e. The summed E-state index contributed by atoms with van der Waals surface area (Å²) in [7, 11) is -5.15. The number of phosphoric acid groups is 1. The lowest BCUT2D eigenvalue weighted by molar-refractivity contribution is -0.342. The summed E-state index contributed by atoms with van der Waals surface area (Å²) in [5.74, 6) is -0.126. The maximum atomic E-state index is 11.5. The number of imidazole rings is 1. The number of hydrogen-bond acceptors (Lipinski definition) is 9. The van der Waals surface area contributed by atoms with Gasteiger partial charge in [-0.3, -0.25) is 9.78 Å². The van der Waals surface area contributed by atoms with Crippen molar-refractivity contribution in [2.45, 2.75) is 12.6 Å². The molecular formula is C8H10N5O6P-2. The molecule has 2 rings (SSSR count). The molecule has 20 heavy (non-hydrogen) atoms. The van der Waals surface area contributed by atoms with E-state index < -0.39 is 26.1 Å². The summed E-state index contributed by atoms with van der Waals surface area (Å²) in [6, 6.07) is 0. The number of nitrogens with two attached hydrogens (primary N) is 1. The van der Waals surface area contributed by atoms with Gasteiger partial charge >= 0.3 is 0 Å². The predicted molar refractivity (Wildman–Crippen MR) is 62.1 cm³/mol. The molecule has 0 fully saturated rings. The Morgan fingerprint density at radius 2 is 2.30 bits per heavy atom. The van der Waals surface area contributed by atoms with E-state index >= 15 is 0 Å². The van der Waals surface area contributed by atoms with Crippen LogP contribution in [0, 0.1) is 0 Å². The fraction of sp³-hybridized carbons (Fsp3) is 0.375. The molecule has 2 aromatic heterocycles. The van der Waals surface area contributed by atoms with E-state index in [9.17, 15) is 24.3 Å². The maximum Gasteiger partial charge on any atom is 0.280 e. The number of anilines is 1. The van der Waals surface area contributed by atoms with Gasteiger partial charge in [0.15, 0.2) is 11.2 Å². The number of aromatic amines is 1. The molecule has 0 spiro atoms. The van der Waals surface area contributed by atoms with E-state index in [-0.39, 0.29) is 23.7 Å². The Labute approximate surface area is 111 Å². The Bertz CT molecular complexity index is 720. The molecule has 11 nitrogen and oxygen atoms in total. The molecule has 0 aliphatic heterocycles. The number of aliphatic hydroxyl groups excluding tert-OH is 1. The van der Waals surface area contributed by atoms with Crippen LogP contribution < -0.4 is 21.1 Å². The van der Waals surface area contributed by atoms with Crippen LogP contribution in [0.1, 0.15) is 0 Å². The highest BCUT2D eigenvalue weighted by atomic mass is 31.2. The number of aromatic nitrogens is 4. The minimum absolute atomic E-state index is 0.0191. The number of nitrogen functional groups attached to an aromatic ring is 1. The number of H-pyrrole nitrogens is 1. The Morgan fingerprint density at radius 1 is 1.60 bits per heavy atom. The minimum atomic E-state index is -5.15. The fourth-order valence-corrected chi connectivity index (χ4v) is 1.92. The molecule has 0 saturated carbocycles. The highest BCUT2D eigenvalue weighted by molar-refractivity contribution is 7.43. The average Bonchev–Trinajstić information content (AvgIpc) is 2.69. The largest absolute Gasteiger partial charge is 0.790 e. The first-order valence-electron chi connectivity index (χ1n) is 5.31. The summed E-state index contributed by atoms with van der Waals surface area (Å²) in [6.45, 7) is -0.880. The number of nitrogens with zero attached hydrogens (tertiary/aromatic N) is 3. The molecule has 2 aromatic rings. The van der Waals surface area contributed by atoms with Crippen molar-refractivity contribution in [1.82, 2.24) is 19.5 Å². The molecule has 0 aromatic carbocycles. The third-order valence-corrected chi connectivity index (χ3v) is 2.79. The number of aliphatic hydroxyl groups is 1. The van der Waals surface area contributed by atoms with Gasteiger partial charge in [0.05, 0.1) is 33.4 Å². The first-order chi connectivity index (χ1) is 9.26. The summed E-state index contributed by atoms with van der Waals surface area (Å²) in [6.07, 6.45) is -0.0743. The lowest BCUT2D eigenvalue weighted by Gasteiger charge is -2.29. The van der Waals surface area contributed by atoms with Gasteiger partial charge in [0, 0.05) is 0 Å². The topological polar surface area (TPSA) is 182 Å². The van der Waals surface area contributed by atoms with Gasteiger partial charge in [-0.05, 0) is 0 Å². The van der Waals surface area contributed by atoms with E-state index in [2.05, 4.69) is 19.5 Å². The number of phosphoric ester groups is 1. The van der Waals surface area contributed by atoms with Gasteiger partial charge in [0.1, 0.15) is 0 Å². The molecule has 0 bridgehead atoms. The highest BCUT2D eigenvalue weighted by Gasteiger charge is 2.13. The van der Waals surface area contributed by atoms with E-state index in [4.69, 9.17) is 5.73 Å². The third-order valence-electron chi connectivity index (χ3n) is 2.33. The number of nitrogens with one attached hydrogen (secondary N) is 1. The molecule has 110 valence electrons. The Balaban J connectivity index is 2.18. The molecule has 1 unspecified atom stereocenters. The van der Waals surface area contributed by atoms with Crippen LogP contribution in [-0.2, 0) is 15.6 Å². The van der Waals surface area contributed by atoms with Crippen LogP contribution in [-0.4, -0.2) is 37.3 Å². The molecule has 0 radical (unpaired) electrons. The molecule has 12 heteroatoms. The molecule has 0 aliphatic rings. The van der Waals surface area contributed by atoms with Crippen LogP contribution in [0.25, 0.3) is 11.2 Å². The first-order valence-corrected chi connectivity index (χ1v) is 6.77. The van der Waals surface area contributed by atoms with Crippen molar-refractivity contribution in [2.24, 2.45) is 0 Å². The second-order valence-electron chi connectivity index (χ2n) is 3.92. The van der Waals surface area contributed by atoms with E-state index in [0.717, 1.165) is 0 Å². The monoisotopic (exact) mass is 303 g/mol. The lowest BCUT2D eigenvalue weighted by atomic mass is 10.4. The van der Waals surface area contributed by atoms with Crippen LogP contribution in [0.4, 0.5) is 5.95 Å². The van der Waals surface area contributed by atoms with Crippen molar-refractivity contribution < 1.29 is 24.0 Å². The molecule has 0 aliphatic carbocycles. The van der Waals surface area contributed by atoms with Crippen molar-refractivity contribution in [3.05, 3.63) is 16.7 Å². The SMILES string of the molecule is Nc1nc2c(ncn2CC(O)COP(=O)([O-])[O-])c(=O)[nH]1. The van der Waals surface area contributed by atoms with Crippen LogP contribution in [0.15, 0.2) is 11.1 Å². The van der Waals surface area contributed by atoms with Gasteiger partial charge < -0.3 is 34.3 Å². The van der Waals surface area contributed by atoms with Gasteiger partial charge in [-0.1, -0.05) is 0 Å². The van der Waals surface area contributed by atoms with E-state index in [0.29, 0.717) is 0 Å². The summed E-state index contributed by atoms with van der Waals surface area (Å²) in [4.78, 5) is 42.0. The van der Waals surface area contributed by atoms with Gasteiger partial charge in [-0.15, -0.1) is 0 Å². The molecule has 0 saturated heterocycles. The number of fused-ring (bicyclic) bond motifs is 1. The Hall–Kier alpha value is -1.78. The molecular weight excluding hydrogens is 293 g/mol. The Kier molecular flexibility index (Phi) is 3.88. The summed E-state index contributed by atoms with van der Waals surface area (Å²) < 4.78 is 15.5. The highest BCUT2D eigenvalue weighted by Crippen LogP contribution is 2.24. The normalized spacial score (nSPS) is 13.8. The zero-order valence-electron chi connectivity index (χ0n) is 9.92. The van der Waals surface area contributed by atoms with Crippen molar-refractivity contribution in [3.63, 3.8) is 0 Å². The lowest BCUT2D eigenvalue weighted by Crippen LogP contribution is -2.25. The van der Waals surface area contributed by atoms with Crippen molar-refractivity contribution in [1.29, 1.82) is 0 Å². The van der Waals surface area contributed by atoms with E-state index in [1.165, 1.54) is 10.9 Å². The summed E-state index contributed by atoms with van der Waals surface area (Å²) in [5, 5.41) is 9.56. The molecule has 0 amide bonds. The second kappa shape index (κ2) is 5.31. The van der Waals surface area contributed by atoms with Gasteiger partial charge in [0.2, 0.25) is 5.95 Å². The van der Waals surface area contributed by atoms with Gasteiger partial charge in [-0.25, -0.2) is 4.98 Å². The third kappa shape index (κ3) is 3.40. The van der Waals surface area contributed by atoms with Crippen molar-refractivity contribution in [3.8, 4) is 0 Å². The maximum absolute atomic E-state index is 11.5. The van der Waals surface area contributed by atoms with Crippen LogP contribution in [0.3, 0.4) is 0 Å². The summed E-state index contributed by atoms with van der Waals surface area (Å²) >= 11 is 0. The van der Waals surface area contributed by atoms with E-state index in [1.807, 2.05) is 0 Å². The van der Waals surface area contributed by atoms with Crippen LogP contribution in [0.2, 0.25) is 0 Å². The van der Waals surface area contributed by atoms with Crippen molar-refractivity contribution in [2.75, 3.05) is 12.3 Å². The second-order valence-corrected chi connectivity index (χ2v) is 5.07. The Morgan fingerprint density at radius 3 is 2.95 bits per heavy atom. The molecule has 4 N–H and O–H groups in total. The molecule has 2 heterocycles. The van der Waals surface area contributed by atoms with Crippen LogP contribution >= 0.6 is 7.82 Å². The number of rotatable bonds is 5. The fourth-order valence-electron chi connectivity index (χ4n) is 1.56. The predicted octanol–water partition coefficient (Wildman–Crippen LogP) is -3.09. The smallest absolute Gasteiger partial charge is 0.280 e. The van der Waals surface area contributed by atoms with E-state index in [1.54, 1.807) is 0 Å². The average molecular weight is 303 g/mol. The zero-order valence-corrected chi connectivity index (χ0v) is 10.8. The van der Waals surface area contributed by atoms with Crippen molar-refractivity contribution >= 4 is 24.9 Å². The standard InChI is InChI=1S/C8H12N5O6P/c9-8-11-6-5(7(15)12-8)10-3-13(6)1-4(14)2-19-20(16,17)18/h3-4,14H,1-2H2,(H2,16,17,18)(H3,9,11,12,15)/p-2. The number of hydrogen-bond donors (Lipinski definition) is 3. The zero-order chi connectivity index (χ0) is 14.9. The molecule has 1 atom stereocenters. The van der Waals surface area contributed by atoms with Gasteiger partial charge in [-0.2, -0.15) is 4.98 Å². The summed E-state index contributed by atoms with van der Waals surface area (Å²) in [5.41, 5.74) is 4.99. The van der Waals surface area contributed by atoms with Gasteiger partial charge in [0.25, 0.3) is 5.56 Å². The quantitative estimate of drug-likeness (QED) is 0.482. The first kappa shape index (κ1) is 14.6. The van der Waals surface area contributed by atoms with Crippen LogP contribution in [0.5, 0.6) is 0 Å².